The Morgan fingerprint density at radius 3 is 2.61 bits per heavy atom. The molecular weight excluding hydrogens is 380 g/mol. The summed E-state index contributed by atoms with van der Waals surface area (Å²) in [4.78, 5) is 28.1. The molecule has 1 aromatic heterocycles. The molecule has 1 aromatic carbocycles. The van der Waals surface area contributed by atoms with E-state index in [1.807, 2.05) is 12.1 Å². The molecule has 148 valence electrons. The maximum atomic E-state index is 12.3. The Morgan fingerprint density at radius 1 is 1.07 bits per heavy atom. The van der Waals surface area contributed by atoms with Gasteiger partial charge in [-0.25, -0.2) is 0 Å². The number of benzene rings is 1. The molecule has 0 unspecified atom stereocenters. The molecule has 9 heteroatoms. The van der Waals surface area contributed by atoms with Gasteiger partial charge in [-0.1, -0.05) is 6.07 Å². The van der Waals surface area contributed by atoms with E-state index in [1.165, 1.54) is 16.9 Å². The summed E-state index contributed by atoms with van der Waals surface area (Å²) in [5.41, 5.74) is 6.85. The minimum absolute atomic E-state index is 0.130. The molecule has 4 rings (SSSR count). The predicted octanol–water partition coefficient (Wildman–Crippen LogP) is 1.33. The zero-order valence-corrected chi connectivity index (χ0v) is 16.2. The third-order valence-electron chi connectivity index (χ3n) is 4.86. The molecule has 3 heterocycles. The summed E-state index contributed by atoms with van der Waals surface area (Å²) >= 11 is 1.30. The fourth-order valence-electron chi connectivity index (χ4n) is 3.37. The van der Waals surface area contributed by atoms with Gasteiger partial charge in [-0.2, -0.15) is 0 Å². The van der Waals surface area contributed by atoms with Crippen molar-refractivity contribution in [1.29, 1.82) is 0 Å². The van der Waals surface area contributed by atoms with Crippen LogP contribution in [0.2, 0.25) is 0 Å². The number of nitrogens with one attached hydrogen (secondary N) is 1. The van der Waals surface area contributed by atoms with Crippen molar-refractivity contribution in [2.45, 2.75) is 6.54 Å². The summed E-state index contributed by atoms with van der Waals surface area (Å²) in [6.45, 7) is 4.81. The van der Waals surface area contributed by atoms with Crippen molar-refractivity contribution in [2.24, 2.45) is 5.73 Å². The van der Waals surface area contributed by atoms with E-state index in [0.717, 1.165) is 44.2 Å². The van der Waals surface area contributed by atoms with Gasteiger partial charge in [-0.3, -0.25) is 19.4 Å². The Kier molecular flexibility index (Phi) is 5.47. The Morgan fingerprint density at radius 2 is 1.82 bits per heavy atom. The second-order valence-electron chi connectivity index (χ2n) is 6.82. The first-order chi connectivity index (χ1) is 13.6. The van der Waals surface area contributed by atoms with Crippen molar-refractivity contribution in [3.8, 4) is 11.5 Å². The van der Waals surface area contributed by atoms with Crippen LogP contribution in [0, 0.1) is 0 Å². The van der Waals surface area contributed by atoms with Gasteiger partial charge in [0.1, 0.15) is 5.00 Å². The van der Waals surface area contributed by atoms with Crippen molar-refractivity contribution in [3.63, 3.8) is 0 Å². The lowest BCUT2D eigenvalue weighted by Gasteiger charge is -2.34. The molecule has 0 radical (unpaired) electrons. The second-order valence-corrected chi connectivity index (χ2v) is 7.73. The third kappa shape index (κ3) is 4.27. The van der Waals surface area contributed by atoms with Gasteiger partial charge in [-0.15, -0.1) is 11.3 Å². The zero-order valence-electron chi connectivity index (χ0n) is 15.3. The van der Waals surface area contributed by atoms with E-state index in [-0.39, 0.29) is 12.7 Å². The van der Waals surface area contributed by atoms with Crippen LogP contribution in [-0.4, -0.2) is 61.1 Å². The minimum Gasteiger partial charge on any atom is -0.454 e. The standard InChI is InChI=1S/C19H22N4O4S/c20-18(25)14-3-8-28-19(14)21-17(24)11-23-6-4-22(5-7-23)10-13-1-2-15-16(9-13)27-12-26-15/h1-3,8-9H,4-7,10-12H2,(H2,20,25)(H,21,24). The Balaban J connectivity index is 1.24. The van der Waals surface area contributed by atoms with Crippen molar-refractivity contribution < 1.29 is 19.1 Å². The highest BCUT2D eigenvalue weighted by atomic mass is 32.1. The number of hydrogen-bond donors (Lipinski definition) is 2. The average Bonchev–Trinajstić information content (AvgIpc) is 3.32. The fourth-order valence-corrected chi connectivity index (χ4v) is 4.18. The molecule has 2 aliphatic rings. The topological polar surface area (TPSA) is 97.1 Å². The van der Waals surface area contributed by atoms with E-state index in [4.69, 9.17) is 15.2 Å². The van der Waals surface area contributed by atoms with Crippen LogP contribution in [0.3, 0.4) is 0 Å². The van der Waals surface area contributed by atoms with E-state index in [1.54, 1.807) is 11.4 Å². The number of nitrogens with zero attached hydrogens (tertiary/aromatic N) is 2. The van der Waals surface area contributed by atoms with Gasteiger partial charge in [0.25, 0.3) is 5.91 Å². The number of primary amides is 1. The quantitative estimate of drug-likeness (QED) is 0.757. The SMILES string of the molecule is NC(=O)c1ccsc1NC(=O)CN1CCN(Cc2ccc3c(c2)OCO3)CC1. The molecule has 1 saturated heterocycles. The number of carbonyl (C=O) groups excluding carboxylic acids is 2. The first-order valence-electron chi connectivity index (χ1n) is 9.09. The molecule has 1 fully saturated rings. The number of hydrogen-bond acceptors (Lipinski definition) is 7. The molecule has 2 amide bonds. The number of carbonyl (C=O) groups is 2. The second kappa shape index (κ2) is 8.17. The maximum absolute atomic E-state index is 12.3. The van der Waals surface area contributed by atoms with Gasteiger partial charge in [-0.05, 0) is 29.1 Å². The Labute approximate surface area is 166 Å². The summed E-state index contributed by atoms with van der Waals surface area (Å²) in [6, 6.07) is 7.66. The molecule has 2 aliphatic heterocycles. The van der Waals surface area contributed by atoms with Crippen molar-refractivity contribution in [3.05, 3.63) is 40.8 Å². The number of thiophene rings is 1. The summed E-state index contributed by atoms with van der Waals surface area (Å²) in [5, 5.41) is 5.05. The normalized spacial score (nSPS) is 16.9. The summed E-state index contributed by atoms with van der Waals surface area (Å²) < 4.78 is 10.8. The smallest absolute Gasteiger partial charge is 0.251 e. The zero-order chi connectivity index (χ0) is 19.5. The summed E-state index contributed by atoms with van der Waals surface area (Å²) in [7, 11) is 0. The Bertz CT molecular complexity index is 877. The molecule has 8 nitrogen and oxygen atoms in total. The molecule has 3 N–H and O–H groups in total. The molecule has 0 aliphatic carbocycles. The number of anilines is 1. The lowest BCUT2D eigenvalue weighted by atomic mass is 10.1. The molecule has 2 aromatic rings. The van der Waals surface area contributed by atoms with Crippen LogP contribution in [0.25, 0.3) is 0 Å². The summed E-state index contributed by atoms with van der Waals surface area (Å²) in [6.07, 6.45) is 0. The van der Waals surface area contributed by atoms with Crippen LogP contribution >= 0.6 is 11.3 Å². The highest BCUT2D eigenvalue weighted by Gasteiger charge is 2.21. The van der Waals surface area contributed by atoms with Crippen LogP contribution in [0.5, 0.6) is 11.5 Å². The fraction of sp³-hybridized carbons (Fsp3) is 0.368. The number of rotatable bonds is 6. The molecule has 0 spiro atoms. The summed E-state index contributed by atoms with van der Waals surface area (Å²) in [5.74, 6) is 0.935. The van der Waals surface area contributed by atoms with Crippen LogP contribution in [0.1, 0.15) is 15.9 Å². The number of ether oxygens (including phenoxy) is 2. The average molecular weight is 402 g/mol. The van der Waals surface area contributed by atoms with Crippen molar-refractivity contribution >= 4 is 28.2 Å². The van der Waals surface area contributed by atoms with E-state index in [0.29, 0.717) is 17.1 Å². The van der Waals surface area contributed by atoms with Gasteiger partial charge >= 0.3 is 0 Å². The number of nitrogens with two attached hydrogens (primary N) is 1. The van der Waals surface area contributed by atoms with Crippen molar-refractivity contribution in [1.82, 2.24) is 9.80 Å². The molecule has 0 bridgehead atoms. The van der Waals surface area contributed by atoms with Gasteiger partial charge in [0.2, 0.25) is 12.7 Å². The van der Waals surface area contributed by atoms with E-state index in [9.17, 15) is 9.59 Å². The highest BCUT2D eigenvalue weighted by molar-refractivity contribution is 7.14. The monoisotopic (exact) mass is 402 g/mol. The van der Waals surface area contributed by atoms with Gasteiger partial charge in [0.15, 0.2) is 11.5 Å². The first kappa shape index (κ1) is 18.7. The number of fused-ring (bicyclic) bond motifs is 1. The largest absolute Gasteiger partial charge is 0.454 e. The molecule has 0 atom stereocenters. The third-order valence-corrected chi connectivity index (χ3v) is 5.69. The Hall–Kier alpha value is -2.62. The van der Waals surface area contributed by atoms with Crippen LogP contribution in [0.15, 0.2) is 29.6 Å². The number of amides is 2. The highest BCUT2D eigenvalue weighted by Crippen LogP contribution is 2.32. The first-order valence-corrected chi connectivity index (χ1v) is 9.97. The van der Waals surface area contributed by atoms with E-state index < -0.39 is 5.91 Å². The van der Waals surface area contributed by atoms with Gasteiger partial charge in [0, 0.05) is 32.7 Å². The van der Waals surface area contributed by atoms with Gasteiger partial charge in [0.05, 0.1) is 12.1 Å². The van der Waals surface area contributed by atoms with Crippen LogP contribution in [0.4, 0.5) is 5.00 Å². The lowest BCUT2D eigenvalue weighted by Crippen LogP contribution is -2.48. The number of piperazine rings is 1. The maximum Gasteiger partial charge on any atom is 0.251 e. The van der Waals surface area contributed by atoms with E-state index in [2.05, 4.69) is 21.2 Å². The minimum atomic E-state index is -0.534. The lowest BCUT2D eigenvalue weighted by molar-refractivity contribution is -0.117. The molecular formula is C19H22N4O4S. The van der Waals surface area contributed by atoms with Crippen LogP contribution in [-0.2, 0) is 11.3 Å². The van der Waals surface area contributed by atoms with Crippen molar-refractivity contribution in [2.75, 3.05) is 44.8 Å². The van der Waals surface area contributed by atoms with E-state index >= 15 is 0 Å². The van der Waals surface area contributed by atoms with Gasteiger partial charge < -0.3 is 20.5 Å². The predicted molar refractivity (Wildman–Crippen MR) is 106 cm³/mol. The van der Waals surface area contributed by atoms with Crippen LogP contribution < -0.4 is 20.5 Å². The molecule has 28 heavy (non-hydrogen) atoms. The molecule has 0 saturated carbocycles.